The van der Waals surface area contributed by atoms with Gasteiger partial charge in [-0.2, -0.15) is 0 Å². The Morgan fingerprint density at radius 2 is 1.63 bits per heavy atom. The number of rotatable bonds is 11. The van der Waals surface area contributed by atoms with E-state index in [0.29, 0.717) is 19.8 Å². The van der Waals surface area contributed by atoms with Gasteiger partial charge in [0.05, 0.1) is 13.7 Å². The third-order valence-electron chi connectivity index (χ3n) is 4.06. The van der Waals surface area contributed by atoms with Crippen molar-refractivity contribution >= 4 is 11.6 Å². The number of carbonyl (C=O) groups excluding carboxylic acids is 1. The van der Waals surface area contributed by atoms with Gasteiger partial charge in [-0.3, -0.25) is 4.79 Å². The van der Waals surface area contributed by atoms with Crippen LogP contribution >= 0.6 is 0 Å². The van der Waals surface area contributed by atoms with Crippen LogP contribution in [-0.4, -0.2) is 45.9 Å². The van der Waals surface area contributed by atoms with Crippen LogP contribution < -0.4 is 20.1 Å². The Bertz CT molecular complexity index is 686. The van der Waals surface area contributed by atoms with Crippen LogP contribution in [0, 0.1) is 0 Å². The maximum Gasteiger partial charge on any atom is 0.242 e. The van der Waals surface area contributed by atoms with Gasteiger partial charge in [0.1, 0.15) is 24.1 Å². The number of carbonyl (C=O) groups is 1. The molecule has 0 saturated heterocycles. The third-order valence-corrected chi connectivity index (χ3v) is 4.06. The second-order valence-corrected chi connectivity index (χ2v) is 6.12. The molecule has 0 aliphatic heterocycles. The molecule has 1 amide bonds. The number of ether oxygens (including phenoxy) is 3. The lowest BCUT2D eigenvalue weighted by Crippen LogP contribution is -2.38. The fraction of sp³-hybridized carbons (Fsp3) is 0.381. The van der Waals surface area contributed by atoms with Crippen molar-refractivity contribution in [3.05, 3.63) is 54.1 Å². The van der Waals surface area contributed by atoms with Crippen LogP contribution in [0.4, 0.5) is 5.69 Å². The normalized spacial score (nSPS) is 11.5. The number of methoxy groups -OCH3 is 2. The molecule has 0 bridgehead atoms. The molecule has 27 heavy (non-hydrogen) atoms. The highest BCUT2D eigenvalue weighted by molar-refractivity contribution is 5.84. The van der Waals surface area contributed by atoms with E-state index in [1.165, 1.54) is 0 Å². The Hall–Kier alpha value is -2.73. The first-order valence-corrected chi connectivity index (χ1v) is 9.01. The van der Waals surface area contributed by atoms with Crippen LogP contribution in [0.15, 0.2) is 48.5 Å². The standard InChI is InChI=1S/C21H28N2O4/c1-16(23-18-6-10-20(11-7-18)27-15-14-25-2)21(24)22-13-12-17-4-8-19(26-3)9-5-17/h4-11,16,23H,12-15H2,1-3H3,(H,22,24)/t16-/m0/s1. The monoisotopic (exact) mass is 372 g/mol. The van der Waals surface area contributed by atoms with Gasteiger partial charge in [0.2, 0.25) is 5.91 Å². The maximum atomic E-state index is 12.2. The minimum Gasteiger partial charge on any atom is -0.497 e. The molecule has 2 aromatic rings. The first-order chi connectivity index (χ1) is 13.1. The summed E-state index contributed by atoms with van der Waals surface area (Å²) < 4.78 is 15.6. The molecule has 2 aromatic carbocycles. The molecule has 0 aromatic heterocycles. The summed E-state index contributed by atoms with van der Waals surface area (Å²) >= 11 is 0. The van der Waals surface area contributed by atoms with Gasteiger partial charge in [-0.1, -0.05) is 12.1 Å². The Morgan fingerprint density at radius 3 is 2.26 bits per heavy atom. The Kier molecular flexibility index (Phi) is 8.45. The van der Waals surface area contributed by atoms with Crippen LogP contribution in [0.5, 0.6) is 11.5 Å². The van der Waals surface area contributed by atoms with Crippen molar-refractivity contribution in [2.75, 3.05) is 39.3 Å². The highest BCUT2D eigenvalue weighted by Crippen LogP contribution is 2.16. The topological polar surface area (TPSA) is 68.8 Å². The number of hydrogen-bond acceptors (Lipinski definition) is 5. The quantitative estimate of drug-likeness (QED) is 0.594. The zero-order valence-electron chi connectivity index (χ0n) is 16.2. The van der Waals surface area contributed by atoms with Crippen molar-refractivity contribution in [3.8, 4) is 11.5 Å². The number of hydrogen-bond donors (Lipinski definition) is 2. The molecule has 1 atom stereocenters. The van der Waals surface area contributed by atoms with E-state index in [9.17, 15) is 4.79 Å². The van der Waals surface area contributed by atoms with Crippen molar-refractivity contribution in [1.29, 1.82) is 0 Å². The predicted octanol–water partition coefficient (Wildman–Crippen LogP) is 2.88. The number of benzene rings is 2. The summed E-state index contributed by atoms with van der Waals surface area (Å²) in [6.07, 6.45) is 0.774. The zero-order valence-corrected chi connectivity index (χ0v) is 16.2. The third kappa shape index (κ3) is 7.19. The molecule has 6 heteroatoms. The van der Waals surface area contributed by atoms with Gasteiger partial charge < -0.3 is 24.8 Å². The Balaban J connectivity index is 1.72. The van der Waals surface area contributed by atoms with Crippen molar-refractivity contribution in [2.45, 2.75) is 19.4 Å². The van der Waals surface area contributed by atoms with Gasteiger partial charge >= 0.3 is 0 Å². The summed E-state index contributed by atoms with van der Waals surface area (Å²) in [4.78, 5) is 12.2. The molecule has 2 N–H and O–H groups in total. The van der Waals surface area contributed by atoms with Gasteiger partial charge in [-0.25, -0.2) is 0 Å². The van der Waals surface area contributed by atoms with E-state index in [2.05, 4.69) is 10.6 Å². The van der Waals surface area contributed by atoms with Crippen molar-refractivity contribution in [1.82, 2.24) is 5.32 Å². The predicted molar refractivity (Wildman–Crippen MR) is 107 cm³/mol. The summed E-state index contributed by atoms with van der Waals surface area (Å²) in [6, 6.07) is 15.0. The average Bonchev–Trinajstić information content (AvgIpc) is 2.70. The molecule has 0 aliphatic carbocycles. The summed E-state index contributed by atoms with van der Waals surface area (Å²) in [7, 11) is 3.28. The fourth-order valence-corrected chi connectivity index (χ4v) is 2.48. The number of anilines is 1. The van der Waals surface area contributed by atoms with Gasteiger partial charge in [-0.15, -0.1) is 0 Å². The van der Waals surface area contributed by atoms with E-state index < -0.39 is 0 Å². The molecular formula is C21H28N2O4. The summed E-state index contributed by atoms with van der Waals surface area (Å²) in [5.74, 6) is 1.56. The molecule has 0 spiro atoms. The fourth-order valence-electron chi connectivity index (χ4n) is 2.48. The molecule has 6 nitrogen and oxygen atoms in total. The maximum absolute atomic E-state index is 12.2. The molecule has 0 unspecified atom stereocenters. The van der Waals surface area contributed by atoms with Gasteiger partial charge in [0.15, 0.2) is 0 Å². The summed E-state index contributed by atoms with van der Waals surface area (Å²) in [5.41, 5.74) is 2.02. The van der Waals surface area contributed by atoms with E-state index in [0.717, 1.165) is 29.2 Å². The highest BCUT2D eigenvalue weighted by Gasteiger charge is 2.12. The van der Waals surface area contributed by atoms with Crippen LogP contribution in [0.2, 0.25) is 0 Å². The largest absolute Gasteiger partial charge is 0.497 e. The minimum atomic E-state index is -0.332. The molecule has 0 heterocycles. The van der Waals surface area contributed by atoms with Gasteiger partial charge in [0.25, 0.3) is 0 Å². The smallest absolute Gasteiger partial charge is 0.242 e. The molecular weight excluding hydrogens is 344 g/mol. The first-order valence-electron chi connectivity index (χ1n) is 9.01. The number of nitrogens with one attached hydrogen (secondary N) is 2. The number of amides is 1. The molecule has 0 radical (unpaired) electrons. The van der Waals surface area contributed by atoms with Gasteiger partial charge in [-0.05, 0) is 55.3 Å². The van der Waals surface area contributed by atoms with Crippen molar-refractivity contribution < 1.29 is 19.0 Å². The summed E-state index contributed by atoms with van der Waals surface area (Å²) in [6.45, 7) is 3.49. The zero-order chi connectivity index (χ0) is 19.5. The first kappa shape index (κ1) is 20.6. The van der Waals surface area contributed by atoms with Crippen LogP contribution in [0.3, 0.4) is 0 Å². The molecule has 0 saturated carbocycles. The molecule has 2 rings (SSSR count). The van der Waals surface area contributed by atoms with E-state index >= 15 is 0 Å². The highest BCUT2D eigenvalue weighted by atomic mass is 16.5. The second kappa shape index (κ2) is 11.1. The molecule has 0 aliphatic rings. The van der Waals surface area contributed by atoms with Crippen LogP contribution in [0.1, 0.15) is 12.5 Å². The Labute approximate surface area is 160 Å². The van der Waals surface area contributed by atoms with Crippen molar-refractivity contribution in [2.24, 2.45) is 0 Å². The Morgan fingerprint density at radius 1 is 0.963 bits per heavy atom. The van der Waals surface area contributed by atoms with Crippen LogP contribution in [-0.2, 0) is 16.0 Å². The molecule has 146 valence electrons. The SMILES string of the molecule is COCCOc1ccc(N[C@@H](C)C(=O)NCCc2ccc(OC)cc2)cc1. The van der Waals surface area contributed by atoms with E-state index in [4.69, 9.17) is 14.2 Å². The van der Waals surface area contributed by atoms with E-state index in [1.54, 1.807) is 14.2 Å². The van der Waals surface area contributed by atoms with E-state index in [-0.39, 0.29) is 11.9 Å². The van der Waals surface area contributed by atoms with Crippen LogP contribution in [0.25, 0.3) is 0 Å². The lowest BCUT2D eigenvalue weighted by molar-refractivity contribution is -0.121. The summed E-state index contributed by atoms with van der Waals surface area (Å²) in [5, 5.41) is 6.15. The van der Waals surface area contributed by atoms with Crippen molar-refractivity contribution in [3.63, 3.8) is 0 Å². The lowest BCUT2D eigenvalue weighted by Gasteiger charge is -2.16. The average molecular weight is 372 g/mol. The van der Waals surface area contributed by atoms with E-state index in [1.807, 2.05) is 55.5 Å². The second-order valence-electron chi connectivity index (χ2n) is 6.12. The van der Waals surface area contributed by atoms with Gasteiger partial charge in [0, 0.05) is 19.3 Å². The molecule has 0 fully saturated rings. The lowest BCUT2D eigenvalue weighted by atomic mass is 10.1. The minimum absolute atomic E-state index is 0.0380.